The maximum Gasteiger partial charge on any atom is 0.227 e. The fourth-order valence-corrected chi connectivity index (χ4v) is 2.16. The zero-order valence-corrected chi connectivity index (χ0v) is 11.3. The second-order valence-corrected chi connectivity index (χ2v) is 4.74. The van der Waals surface area contributed by atoms with Gasteiger partial charge in [-0.3, -0.25) is 10.1 Å². The number of benzene rings is 2. The Hall–Kier alpha value is -2.69. The summed E-state index contributed by atoms with van der Waals surface area (Å²) in [6, 6.07) is 14.0. The van der Waals surface area contributed by atoms with Crippen LogP contribution in [-0.2, 0) is 11.2 Å². The molecule has 0 saturated carbocycles. The lowest BCUT2D eigenvalue weighted by molar-refractivity contribution is -0.116. The monoisotopic (exact) mass is 283 g/mol. The number of carbonyl (C=O) groups is 1. The van der Waals surface area contributed by atoms with Crippen molar-refractivity contribution < 1.29 is 9.18 Å². The standard InChI is InChI=1S/C16H14FN3O/c17-12-6-2-1-5-11(12)9-10-15(21)20-16-18-13-7-3-4-8-14(13)19-16/h1-8H,9-10H2,(H2,18,19,20,21). The van der Waals surface area contributed by atoms with Crippen molar-refractivity contribution in [3.05, 3.63) is 59.9 Å². The molecule has 0 saturated heterocycles. The lowest BCUT2D eigenvalue weighted by atomic mass is 10.1. The number of aryl methyl sites for hydroxylation is 1. The summed E-state index contributed by atoms with van der Waals surface area (Å²) in [4.78, 5) is 19.2. The van der Waals surface area contributed by atoms with Crippen molar-refractivity contribution in [1.82, 2.24) is 9.97 Å². The maximum atomic E-state index is 13.5. The molecular formula is C16H14FN3O. The molecule has 3 aromatic rings. The summed E-state index contributed by atoms with van der Waals surface area (Å²) in [5.74, 6) is -0.0684. The molecule has 0 aliphatic rings. The third kappa shape index (κ3) is 3.08. The van der Waals surface area contributed by atoms with Crippen LogP contribution in [-0.4, -0.2) is 15.9 Å². The zero-order valence-electron chi connectivity index (χ0n) is 11.3. The molecule has 5 heteroatoms. The van der Waals surface area contributed by atoms with Crippen LogP contribution in [0.4, 0.5) is 10.3 Å². The summed E-state index contributed by atoms with van der Waals surface area (Å²) in [7, 11) is 0. The normalized spacial score (nSPS) is 10.7. The molecule has 0 aliphatic heterocycles. The summed E-state index contributed by atoms with van der Waals surface area (Å²) >= 11 is 0. The highest BCUT2D eigenvalue weighted by atomic mass is 19.1. The highest BCUT2D eigenvalue weighted by Crippen LogP contribution is 2.14. The fourth-order valence-electron chi connectivity index (χ4n) is 2.16. The number of halogens is 1. The van der Waals surface area contributed by atoms with Crippen molar-refractivity contribution >= 4 is 22.9 Å². The Bertz CT molecular complexity index is 749. The average Bonchev–Trinajstić information content (AvgIpc) is 2.88. The van der Waals surface area contributed by atoms with Crippen LogP contribution in [0.15, 0.2) is 48.5 Å². The average molecular weight is 283 g/mol. The highest BCUT2D eigenvalue weighted by molar-refractivity contribution is 5.91. The molecule has 21 heavy (non-hydrogen) atoms. The summed E-state index contributed by atoms with van der Waals surface area (Å²) in [5, 5.41) is 2.69. The Morgan fingerprint density at radius 1 is 1.14 bits per heavy atom. The van der Waals surface area contributed by atoms with Crippen LogP contribution in [0.3, 0.4) is 0 Å². The molecule has 0 unspecified atom stereocenters. The second-order valence-electron chi connectivity index (χ2n) is 4.74. The van der Waals surface area contributed by atoms with E-state index in [1.165, 1.54) is 6.07 Å². The molecule has 2 N–H and O–H groups in total. The zero-order chi connectivity index (χ0) is 14.7. The number of nitrogens with one attached hydrogen (secondary N) is 2. The van der Waals surface area contributed by atoms with Gasteiger partial charge in [-0.1, -0.05) is 30.3 Å². The SMILES string of the molecule is O=C(CCc1ccccc1F)Nc1nc2ccccc2[nH]1. The van der Waals surface area contributed by atoms with Crippen LogP contribution in [0.25, 0.3) is 11.0 Å². The van der Waals surface area contributed by atoms with E-state index >= 15 is 0 Å². The number of carbonyl (C=O) groups excluding carboxylic acids is 1. The number of nitrogens with zero attached hydrogens (tertiary/aromatic N) is 1. The van der Waals surface area contributed by atoms with E-state index in [2.05, 4.69) is 15.3 Å². The van der Waals surface area contributed by atoms with Crippen LogP contribution < -0.4 is 5.32 Å². The molecule has 1 heterocycles. The summed E-state index contributed by atoms with van der Waals surface area (Å²) < 4.78 is 13.5. The number of hydrogen-bond donors (Lipinski definition) is 2. The molecule has 0 bridgehead atoms. The molecule has 1 aromatic heterocycles. The minimum absolute atomic E-state index is 0.197. The first-order valence-electron chi connectivity index (χ1n) is 6.70. The predicted octanol–water partition coefficient (Wildman–Crippen LogP) is 3.27. The lowest BCUT2D eigenvalue weighted by Crippen LogP contribution is -2.13. The fraction of sp³-hybridized carbons (Fsp3) is 0.125. The summed E-state index contributed by atoms with van der Waals surface area (Å²) in [6.45, 7) is 0. The number of fused-ring (bicyclic) bond motifs is 1. The molecule has 2 aromatic carbocycles. The lowest BCUT2D eigenvalue weighted by Gasteiger charge is -2.03. The van der Waals surface area contributed by atoms with Crippen LogP contribution in [0, 0.1) is 5.82 Å². The first-order chi connectivity index (χ1) is 10.2. The number of para-hydroxylation sites is 2. The van der Waals surface area contributed by atoms with Crippen molar-refractivity contribution in [3.8, 4) is 0 Å². The number of rotatable bonds is 4. The van der Waals surface area contributed by atoms with Crippen LogP contribution in [0.5, 0.6) is 0 Å². The summed E-state index contributed by atoms with van der Waals surface area (Å²) in [5.41, 5.74) is 2.20. The Kier molecular flexibility index (Phi) is 3.64. The Balaban J connectivity index is 1.62. The van der Waals surface area contributed by atoms with E-state index in [0.29, 0.717) is 17.9 Å². The number of aromatic amines is 1. The minimum Gasteiger partial charge on any atom is -0.324 e. The van der Waals surface area contributed by atoms with Crippen LogP contribution >= 0.6 is 0 Å². The first kappa shape index (κ1) is 13.3. The van der Waals surface area contributed by atoms with E-state index < -0.39 is 0 Å². The van der Waals surface area contributed by atoms with Crippen molar-refractivity contribution in [2.45, 2.75) is 12.8 Å². The number of anilines is 1. The van der Waals surface area contributed by atoms with Gasteiger partial charge in [-0.05, 0) is 30.2 Å². The molecule has 1 amide bonds. The van der Waals surface area contributed by atoms with Gasteiger partial charge in [0.25, 0.3) is 0 Å². The van der Waals surface area contributed by atoms with Crippen molar-refractivity contribution in [3.63, 3.8) is 0 Å². The Morgan fingerprint density at radius 3 is 2.71 bits per heavy atom. The molecule has 0 atom stereocenters. The molecule has 4 nitrogen and oxygen atoms in total. The van der Waals surface area contributed by atoms with E-state index in [4.69, 9.17) is 0 Å². The van der Waals surface area contributed by atoms with E-state index in [9.17, 15) is 9.18 Å². The van der Waals surface area contributed by atoms with Gasteiger partial charge in [0.1, 0.15) is 5.82 Å². The van der Waals surface area contributed by atoms with E-state index in [1.54, 1.807) is 18.2 Å². The summed E-state index contributed by atoms with van der Waals surface area (Å²) in [6.07, 6.45) is 0.566. The number of aromatic nitrogens is 2. The largest absolute Gasteiger partial charge is 0.324 e. The molecule has 0 radical (unpaired) electrons. The molecule has 106 valence electrons. The number of H-pyrrole nitrogens is 1. The number of amides is 1. The van der Waals surface area contributed by atoms with Crippen molar-refractivity contribution in [2.24, 2.45) is 0 Å². The van der Waals surface area contributed by atoms with Gasteiger partial charge < -0.3 is 4.98 Å². The minimum atomic E-state index is -0.283. The number of hydrogen-bond acceptors (Lipinski definition) is 2. The smallest absolute Gasteiger partial charge is 0.227 e. The van der Waals surface area contributed by atoms with Gasteiger partial charge in [0, 0.05) is 6.42 Å². The molecule has 3 rings (SSSR count). The number of imidazole rings is 1. The third-order valence-electron chi connectivity index (χ3n) is 3.23. The van der Waals surface area contributed by atoms with Gasteiger partial charge >= 0.3 is 0 Å². The van der Waals surface area contributed by atoms with Gasteiger partial charge in [-0.15, -0.1) is 0 Å². The molecule has 0 fully saturated rings. The quantitative estimate of drug-likeness (QED) is 0.772. The van der Waals surface area contributed by atoms with E-state index in [1.807, 2.05) is 24.3 Å². The molecular weight excluding hydrogens is 269 g/mol. The maximum absolute atomic E-state index is 13.5. The van der Waals surface area contributed by atoms with Gasteiger partial charge in [0.05, 0.1) is 11.0 Å². The second kappa shape index (κ2) is 5.75. The first-order valence-corrected chi connectivity index (χ1v) is 6.70. The molecule has 0 aliphatic carbocycles. The third-order valence-corrected chi connectivity index (χ3v) is 3.23. The molecule has 0 spiro atoms. The Labute approximate surface area is 121 Å². The van der Waals surface area contributed by atoms with Gasteiger partial charge in [0.2, 0.25) is 11.9 Å². The van der Waals surface area contributed by atoms with Crippen LogP contribution in [0.1, 0.15) is 12.0 Å². The van der Waals surface area contributed by atoms with E-state index in [0.717, 1.165) is 11.0 Å². The van der Waals surface area contributed by atoms with Gasteiger partial charge in [0.15, 0.2) is 0 Å². The predicted molar refractivity (Wildman–Crippen MR) is 79.4 cm³/mol. The van der Waals surface area contributed by atoms with Gasteiger partial charge in [-0.2, -0.15) is 0 Å². The highest BCUT2D eigenvalue weighted by Gasteiger charge is 2.08. The topological polar surface area (TPSA) is 57.8 Å². The Morgan fingerprint density at radius 2 is 1.90 bits per heavy atom. The van der Waals surface area contributed by atoms with Gasteiger partial charge in [-0.25, -0.2) is 9.37 Å². The van der Waals surface area contributed by atoms with E-state index in [-0.39, 0.29) is 18.1 Å². The van der Waals surface area contributed by atoms with Crippen LogP contribution in [0.2, 0.25) is 0 Å². The van der Waals surface area contributed by atoms with Crippen molar-refractivity contribution in [1.29, 1.82) is 0 Å². The van der Waals surface area contributed by atoms with Crippen molar-refractivity contribution in [2.75, 3.05) is 5.32 Å².